The van der Waals surface area contributed by atoms with Crippen molar-refractivity contribution in [2.75, 3.05) is 19.8 Å². The van der Waals surface area contributed by atoms with Crippen molar-refractivity contribution in [2.45, 2.75) is 33.3 Å². The summed E-state index contributed by atoms with van der Waals surface area (Å²) < 4.78 is 5.35. The van der Waals surface area contributed by atoms with Crippen LogP contribution in [0, 0.1) is 12.8 Å². The Labute approximate surface area is 121 Å². The minimum Gasteiger partial charge on any atom is -0.387 e. The van der Waals surface area contributed by atoms with Gasteiger partial charge in [0.05, 0.1) is 12.7 Å². The number of amides is 1. The number of benzene rings is 1. The summed E-state index contributed by atoms with van der Waals surface area (Å²) in [5.74, 6) is 0.377. The average molecular weight is 279 g/mol. The first-order valence-corrected chi connectivity index (χ1v) is 7.08. The van der Waals surface area contributed by atoms with Crippen molar-refractivity contribution in [3.63, 3.8) is 0 Å². The monoisotopic (exact) mass is 279 g/mol. The largest absolute Gasteiger partial charge is 0.387 e. The molecule has 0 aliphatic rings. The third-order valence-electron chi connectivity index (χ3n) is 2.96. The van der Waals surface area contributed by atoms with Crippen LogP contribution in [0.2, 0.25) is 0 Å². The lowest BCUT2D eigenvalue weighted by molar-refractivity contribution is -0.122. The third kappa shape index (κ3) is 6.17. The molecule has 4 nitrogen and oxygen atoms in total. The van der Waals surface area contributed by atoms with E-state index in [0.717, 1.165) is 11.1 Å². The zero-order chi connectivity index (χ0) is 15.0. The lowest BCUT2D eigenvalue weighted by Crippen LogP contribution is -2.29. The van der Waals surface area contributed by atoms with Crippen LogP contribution in [-0.2, 0) is 9.53 Å². The van der Waals surface area contributed by atoms with E-state index in [4.69, 9.17) is 4.74 Å². The second kappa shape index (κ2) is 8.72. The third-order valence-corrected chi connectivity index (χ3v) is 2.96. The average Bonchev–Trinajstić information content (AvgIpc) is 2.41. The topological polar surface area (TPSA) is 58.6 Å². The molecule has 1 amide bonds. The lowest BCUT2D eigenvalue weighted by atomic mass is 10.0. The Morgan fingerprint density at radius 2 is 2.05 bits per heavy atom. The Kier molecular flexibility index (Phi) is 7.26. The summed E-state index contributed by atoms with van der Waals surface area (Å²) in [5.41, 5.74) is 1.87. The number of rotatable bonds is 8. The highest BCUT2D eigenvalue weighted by Crippen LogP contribution is 2.16. The molecule has 0 bridgehead atoms. The normalized spacial score (nSPS) is 12.4. The second-order valence-electron chi connectivity index (χ2n) is 5.40. The van der Waals surface area contributed by atoms with Gasteiger partial charge in [-0.15, -0.1) is 0 Å². The molecule has 0 saturated heterocycles. The van der Waals surface area contributed by atoms with Gasteiger partial charge in [0, 0.05) is 19.6 Å². The Morgan fingerprint density at radius 1 is 1.35 bits per heavy atom. The van der Waals surface area contributed by atoms with Gasteiger partial charge in [-0.2, -0.15) is 0 Å². The number of hydrogen-bond acceptors (Lipinski definition) is 3. The fraction of sp³-hybridized carbons (Fsp3) is 0.562. The van der Waals surface area contributed by atoms with Crippen LogP contribution in [0.5, 0.6) is 0 Å². The molecule has 0 saturated carbocycles. The minimum absolute atomic E-state index is 0.0959. The van der Waals surface area contributed by atoms with Crippen LogP contribution in [0.4, 0.5) is 0 Å². The Hall–Kier alpha value is -1.39. The predicted octanol–water partition coefficient (Wildman–Crippen LogP) is 2.21. The number of aliphatic hydroxyl groups excluding tert-OH is 1. The molecule has 0 aromatic heterocycles. The molecule has 0 spiro atoms. The molecule has 4 heteroatoms. The number of ether oxygens (including phenoxy) is 1. The molecule has 2 N–H and O–H groups in total. The maximum atomic E-state index is 11.6. The maximum absolute atomic E-state index is 11.6. The van der Waals surface area contributed by atoms with Crippen LogP contribution in [0.1, 0.15) is 37.5 Å². The van der Waals surface area contributed by atoms with Crippen LogP contribution in [0.25, 0.3) is 0 Å². The molecule has 0 heterocycles. The first-order valence-electron chi connectivity index (χ1n) is 7.08. The first kappa shape index (κ1) is 16.7. The Balaban J connectivity index is 2.25. The van der Waals surface area contributed by atoms with Crippen LogP contribution in [0.15, 0.2) is 24.3 Å². The van der Waals surface area contributed by atoms with E-state index in [1.165, 1.54) is 0 Å². The van der Waals surface area contributed by atoms with Crippen molar-refractivity contribution in [3.8, 4) is 0 Å². The Bertz CT molecular complexity index is 418. The summed E-state index contributed by atoms with van der Waals surface area (Å²) in [7, 11) is 0. The summed E-state index contributed by atoms with van der Waals surface area (Å²) in [6, 6.07) is 7.63. The predicted molar refractivity (Wildman–Crippen MR) is 79.4 cm³/mol. The summed E-state index contributed by atoms with van der Waals surface area (Å²) in [6.45, 7) is 7.40. The Morgan fingerprint density at radius 3 is 2.70 bits per heavy atom. The lowest BCUT2D eigenvalue weighted by Gasteiger charge is -2.14. The number of hydrogen-bond donors (Lipinski definition) is 2. The van der Waals surface area contributed by atoms with Gasteiger partial charge in [-0.1, -0.05) is 38.1 Å². The molecule has 0 fully saturated rings. The molecule has 20 heavy (non-hydrogen) atoms. The quantitative estimate of drug-likeness (QED) is 0.717. The molecule has 1 atom stereocenters. The van der Waals surface area contributed by atoms with Crippen molar-refractivity contribution in [1.82, 2.24) is 5.32 Å². The molecule has 1 aromatic carbocycles. The van der Waals surface area contributed by atoms with Gasteiger partial charge in [0.25, 0.3) is 0 Å². The van der Waals surface area contributed by atoms with Crippen molar-refractivity contribution in [2.24, 2.45) is 5.92 Å². The van der Waals surface area contributed by atoms with E-state index in [1.54, 1.807) is 0 Å². The van der Waals surface area contributed by atoms with Gasteiger partial charge in [-0.05, 0) is 24.0 Å². The number of nitrogens with one attached hydrogen (secondary N) is 1. The molecule has 1 rings (SSSR count). The van der Waals surface area contributed by atoms with Crippen molar-refractivity contribution in [3.05, 3.63) is 35.4 Å². The molecule has 0 aliphatic heterocycles. The standard InChI is InChI=1S/C16H25NO3/c1-12(2)11-20-9-8-16(19)17-10-15(18)14-7-5-4-6-13(14)3/h4-7,12,15,18H,8-11H2,1-3H3,(H,17,19). The van der Waals surface area contributed by atoms with Gasteiger partial charge in [0.2, 0.25) is 5.91 Å². The van der Waals surface area contributed by atoms with Gasteiger partial charge >= 0.3 is 0 Å². The van der Waals surface area contributed by atoms with Gasteiger partial charge in [-0.3, -0.25) is 4.79 Å². The summed E-state index contributed by atoms with van der Waals surface area (Å²) in [6.07, 6.45) is -0.343. The molecule has 0 radical (unpaired) electrons. The van der Waals surface area contributed by atoms with Crippen LogP contribution in [-0.4, -0.2) is 30.8 Å². The van der Waals surface area contributed by atoms with Crippen molar-refractivity contribution < 1.29 is 14.6 Å². The molecule has 1 unspecified atom stereocenters. The fourth-order valence-electron chi connectivity index (χ4n) is 1.85. The zero-order valence-electron chi connectivity index (χ0n) is 12.6. The molecule has 1 aromatic rings. The van der Waals surface area contributed by atoms with Crippen molar-refractivity contribution in [1.29, 1.82) is 0 Å². The van der Waals surface area contributed by atoms with Gasteiger partial charge in [0.15, 0.2) is 0 Å². The SMILES string of the molecule is Cc1ccccc1C(O)CNC(=O)CCOCC(C)C. The van der Waals surface area contributed by atoms with Gasteiger partial charge < -0.3 is 15.2 Å². The van der Waals surface area contributed by atoms with E-state index < -0.39 is 6.10 Å². The molecule has 112 valence electrons. The maximum Gasteiger partial charge on any atom is 0.222 e. The summed E-state index contributed by atoms with van der Waals surface area (Å²) in [4.78, 5) is 11.6. The van der Waals surface area contributed by atoms with Gasteiger partial charge in [-0.25, -0.2) is 0 Å². The van der Waals surface area contributed by atoms with Gasteiger partial charge in [0.1, 0.15) is 0 Å². The minimum atomic E-state index is -0.670. The van der Waals surface area contributed by atoms with E-state index >= 15 is 0 Å². The number of aryl methyl sites for hydroxylation is 1. The van der Waals surface area contributed by atoms with E-state index in [0.29, 0.717) is 25.6 Å². The van der Waals surface area contributed by atoms with Crippen LogP contribution >= 0.6 is 0 Å². The molecule has 0 aliphatic carbocycles. The number of carbonyl (C=O) groups is 1. The zero-order valence-corrected chi connectivity index (χ0v) is 12.6. The first-order chi connectivity index (χ1) is 9.50. The smallest absolute Gasteiger partial charge is 0.222 e. The van der Waals surface area contributed by atoms with Crippen LogP contribution in [0.3, 0.4) is 0 Å². The van der Waals surface area contributed by atoms with E-state index in [2.05, 4.69) is 19.2 Å². The fourth-order valence-corrected chi connectivity index (χ4v) is 1.85. The highest BCUT2D eigenvalue weighted by Gasteiger charge is 2.11. The summed E-state index contributed by atoms with van der Waals surface area (Å²) >= 11 is 0. The second-order valence-corrected chi connectivity index (χ2v) is 5.40. The summed E-state index contributed by atoms with van der Waals surface area (Å²) in [5, 5.41) is 12.8. The number of carbonyl (C=O) groups excluding carboxylic acids is 1. The highest BCUT2D eigenvalue weighted by atomic mass is 16.5. The van der Waals surface area contributed by atoms with E-state index in [1.807, 2.05) is 31.2 Å². The van der Waals surface area contributed by atoms with Crippen molar-refractivity contribution >= 4 is 5.91 Å². The van der Waals surface area contributed by atoms with E-state index in [-0.39, 0.29) is 12.5 Å². The van der Waals surface area contributed by atoms with E-state index in [9.17, 15) is 9.90 Å². The van der Waals surface area contributed by atoms with Crippen LogP contribution < -0.4 is 5.32 Å². The molecular formula is C16H25NO3. The molecular weight excluding hydrogens is 254 g/mol. The number of aliphatic hydroxyl groups is 1. The highest BCUT2D eigenvalue weighted by molar-refractivity contribution is 5.76.